The third-order valence-corrected chi connectivity index (χ3v) is 7.24. The van der Waals surface area contributed by atoms with E-state index in [-0.39, 0.29) is 30.2 Å². The van der Waals surface area contributed by atoms with Crippen LogP contribution in [0, 0.1) is 11.8 Å². The number of nitrogens with zero attached hydrogens (tertiary/aromatic N) is 1. The molecule has 1 aromatic rings. The van der Waals surface area contributed by atoms with Crippen molar-refractivity contribution in [1.29, 1.82) is 0 Å². The minimum atomic E-state index is -0.231. The van der Waals surface area contributed by atoms with Gasteiger partial charge in [0.05, 0.1) is 11.3 Å². The van der Waals surface area contributed by atoms with E-state index >= 15 is 0 Å². The number of Topliss-reactive ketones (excluding diaryl/α,β-unsaturated/α-hetero) is 1. The molecule has 7 heteroatoms. The Labute approximate surface area is 194 Å². The molecule has 2 unspecified atom stereocenters. The fourth-order valence-electron chi connectivity index (χ4n) is 4.17. The highest BCUT2D eigenvalue weighted by atomic mass is 35.5. The molecule has 1 saturated heterocycles. The Hall–Kier alpha value is -1.66. The van der Waals surface area contributed by atoms with Gasteiger partial charge in [-0.15, -0.1) is 0 Å². The second-order valence-electron chi connectivity index (χ2n) is 8.36. The number of oxime groups is 1. The fourth-order valence-corrected chi connectivity index (χ4v) is 5.58. The molecule has 1 heterocycles. The molecular formula is C24H32ClNO4S. The molecule has 2 aliphatic rings. The molecule has 1 aromatic carbocycles. The van der Waals surface area contributed by atoms with E-state index in [1.165, 1.54) is 12.2 Å². The van der Waals surface area contributed by atoms with Crippen molar-refractivity contribution >= 4 is 34.9 Å². The molecule has 0 aromatic heterocycles. The van der Waals surface area contributed by atoms with E-state index in [0.29, 0.717) is 47.2 Å². The number of allylic oxidation sites excluding steroid dienone is 2. The molecule has 5 nitrogen and oxygen atoms in total. The zero-order valence-corrected chi connectivity index (χ0v) is 19.9. The SMILES string of the molecule is CCC/C(=N\OC[C@H](C)Oc1ccc(Cl)cc1)C1=C(O)CC(C2CCCSC2)CC1=O. The Bertz CT molecular complexity index is 802. The van der Waals surface area contributed by atoms with Crippen molar-refractivity contribution < 1.29 is 19.5 Å². The summed E-state index contributed by atoms with van der Waals surface area (Å²) in [5, 5.41) is 15.6. The summed E-state index contributed by atoms with van der Waals surface area (Å²) in [5.74, 6) is 3.91. The van der Waals surface area contributed by atoms with Crippen molar-refractivity contribution in [1.82, 2.24) is 0 Å². The number of hydrogen-bond acceptors (Lipinski definition) is 6. The summed E-state index contributed by atoms with van der Waals surface area (Å²) >= 11 is 7.85. The van der Waals surface area contributed by atoms with Gasteiger partial charge in [-0.2, -0.15) is 11.8 Å². The van der Waals surface area contributed by atoms with Crippen LogP contribution < -0.4 is 4.74 Å². The van der Waals surface area contributed by atoms with Crippen LogP contribution in [-0.4, -0.2) is 40.8 Å². The smallest absolute Gasteiger partial charge is 0.168 e. The first kappa shape index (κ1) is 24.0. The Morgan fingerprint density at radius 3 is 2.71 bits per heavy atom. The predicted molar refractivity (Wildman–Crippen MR) is 127 cm³/mol. The van der Waals surface area contributed by atoms with E-state index in [0.717, 1.165) is 18.6 Å². The van der Waals surface area contributed by atoms with Gasteiger partial charge in [0.1, 0.15) is 17.6 Å². The van der Waals surface area contributed by atoms with Crippen LogP contribution in [0.2, 0.25) is 5.02 Å². The fraction of sp³-hybridized carbons (Fsp3) is 0.583. The summed E-state index contributed by atoms with van der Waals surface area (Å²) in [5.41, 5.74) is 0.910. The highest BCUT2D eigenvalue weighted by Gasteiger charge is 2.35. The zero-order valence-electron chi connectivity index (χ0n) is 18.3. The maximum atomic E-state index is 12.9. The average molecular weight is 466 g/mol. The molecule has 0 amide bonds. The number of aliphatic hydroxyl groups excluding tert-OH is 1. The van der Waals surface area contributed by atoms with Gasteiger partial charge in [-0.1, -0.05) is 30.1 Å². The Morgan fingerprint density at radius 2 is 2.06 bits per heavy atom. The number of ether oxygens (including phenoxy) is 1. The van der Waals surface area contributed by atoms with Gasteiger partial charge in [-0.25, -0.2) is 0 Å². The summed E-state index contributed by atoms with van der Waals surface area (Å²) in [4.78, 5) is 18.5. The maximum Gasteiger partial charge on any atom is 0.168 e. The molecule has 1 N–H and O–H groups in total. The van der Waals surface area contributed by atoms with Gasteiger partial charge in [-0.3, -0.25) is 4.79 Å². The van der Waals surface area contributed by atoms with Crippen LogP contribution in [-0.2, 0) is 9.63 Å². The van der Waals surface area contributed by atoms with Crippen molar-refractivity contribution in [3.05, 3.63) is 40.6 Å². The second kappa shape index (κ2) is 11.8. The minimum absolute atomic E-state index is 0.00872. The van der Waals surface area contributed by atoms with Crippen LogP contribution in [0.5, 0.6) is 5.75 Å². The summed E-state index contributed by atoms with van der Waals surface area (Å²) < 4.78 is 5.80. The lowest BCUT2D eigenvalue weighted by atomic mass is 9.76. The van der Waals surface area contributed by atoms with E-state index < -0.39 is 0 Å². The molecular weight excluding hydrogens is 434 g/mol. The third-order valence-electron chi connectivity index (χ3n) is 5.74. The van der Waals surface area contributed by atoms with Crippen molar-refractivity contribution in [2.24, 2.45) is 17.0 Å². The van der Waals surface area contributed by atoms with Crippen molar-refractivity contribution in [2.45, 2.75) is 58.5 Å². The first-order valence-corrected chi connectivity index (χ1v) is 12.7. The van der Waals surface area contributed by atoms with Gasteiger partial charge >= 0.3 is 0 Å². The first-order chi connectivity index (χ1) is 15.0. The summed E-state index contributed by atoms with van der Waals surface area (Å²) in [7, 11) is 0. The van der Waals surface area contributed by atoms with Gasteiger partial charge in [0, 0.05) is 17.9 Å². The number of aliphatic hydroxyl groups is 1. The number of rotatable bonds is 9. The molecule has 0 radical (unpaired) electrons. The highest BCUT2D eigenvalue weighted by molar-refractivity contribution is 7.99. The van der Waals surface area contributed by atoms with Gasteiger partial charge in [0.25, 0.3) is 0 Å². The number of ketones is 1. The third kappa shape index (κ3) is 6.91. The molecule has 170 valence electrons. The average Bonchev–Trinajstić information content (AvgIpc) is 2.75. The van der Waals surface area contributed by atoms with E-state index in [1.807, 2.05) is 25.6 Å². The Kier molecular flexibility index (Phi) is 9.15. The number of thioether (sulfide) groups is 1. The summed E-state index contributed by atoms with van der Waals surface area (Å²) in [6, 6.07) is 7.14. The second-order valence-corrected chi connectivity index (χ2v) is 9.94. The number of carbonyl (C=O) groups excluding carboxylic acids is 1. The van der Waals surface area contributed by atoms with E-state index in [1.54, 1.807) is 24.3 Å². The van der Waals surface area contributed by atoms with Crippen molar-refractivity contribution in [3.8, 4) is 5.75 Å². The van der Waals surface area contributed by atoms with Crippen LogP contribution in [0.15, 0.2) is 40.8 Å². The summed E-state index contributed by atoms with van der Waals surface area (Å²) in [6.07, 6.45) is 4.56. The Balaban J connectivity index is 1.62. The largest absolute Gasteiger partial charge is 0.511 e. The quantitative estimate of drug-likeness (QED) is 0.346. The zero-order chi connectivity index (χ0) is 22.2. The Morgan fingerprint density at radius 1 is 1.29 bits per heavy atom. The molecule has 31 heavy (non-hydrogen) atoms. The standard InChI is InChI=1S/C24H32ClNO4S/c1-3-5-21(26-29-14-16(2)30-20-9-7-19(25)8-10-20)24-22(27)12-18(13-23(24)28)17-6-4-11-31-15-17/h7-10,16-18,27H,3-6,11-15H2,1-2H3/b26-21+/t16-,17?,18?/m0/s1. The molecule has 0 spiro atoms. The minimum Gasteiger partial charge on any atom is -0.511 e. The number of hydrogen-bond donors (Lipinski definition) is 1. The summed E-state index contributed by atoms with van der Waals surface area (Å²) in [6.45, 7) is 4.15. The van der Waals surface area contributed by atoms with Gasteiger partial charge < -0.3 is 14.7 Å². The van der Waals surface area contributed by atoms with Crippen LogP contribution in [0.4, 0.5) is 0 Å². The first-order valence-electron chi connectivity index (χ1n) is 11.1. The van der Waals surface area contributed by atoms with Crippen molar-refractivity contribution in [3.63, 3.8) is 0 Å². The maximum absolute atomic E-state index is 12.9. The van der Waals surface area contributed by atoms with Crippen LogP contribution >= 0.6 is 23.4 Å². The van der Waals surface area contributed by atoms with Crippen molar-refractivity contribution in [2.75, 3.05) is 18.1 Å². The molecule has 3 atom stereocenters. The van der Waals surface area contributed by atoms with E-state index in [2.05, 4.69) is 5.16 Å². The van der Waals surface area contributed by atoms with Crippen LogP contribution in [0.25, 0.3) is 0 Å². The van der Waals surface area contributed by atoms with E-state index in [9.17, 15) is 9.90 Å². The molecule has 1 aliphatic carbocycles. The number of carbonyl (C=O) groups is 1. The monoisotopic (exact) mass is 465 g/mol. The lowest BCUT2D eigenvalue weighted by molar-refractivity contribution is -0.117. The molecule has 1 aliphatic heterocycles. The number of halogens is 1. The molecule has 3 rings (SSSR count). The molecule has 0 bridgehead atoms. The lowest BCUT2D eigenvalue weighted by Gasteiger charge is -2.32. The topological polar surface area (TPSA) is 68.1 Å². The van der Waals surface area contributed by atoms with Crippen LogP contribution in [0.1, 0.15) is 52.4 Å². The molecule has 1 fully saturated rings. The predicted octanol–water partition coefficient (Wildman–Crippen LogP) is 6.21. The highest BCUT2D eigenvalue weighted by Crippen LogP contribution is 2.38. The lowest BCUT2D eigenvalue weighted by Crippen LogP contribution is -2.31. The van der Waals surface area contributed by atoms with Gasteiger partial charge in [0.15, 0.2) is 12.4 Å². The molecule has 0 saturated carbocycles. The van der Waals surface area contributed by atoms with Gasteiger partial charge in [0.2, 0.25) is 0 Å². The normalized spacial score (nSPS) is 23.6. The van der Waals surface area contributed by atoms with E-state index in [4.69, 9.17) is 21.2 Å². The van der Waals surface area contributed by atoms with Gasteiger partial charge in [-0.05, 0) is 73.8 Å². The number of benzene rings is 1. The van der Waals surface area contributed by atoms with Crippen LogP contribution in [0.3, 0.4) is 0 Å².